The van der Waals surface area contributed by atoms with Gasteiger partial charge >= 0.3 is 0 Å². The molecule has 1 N–H and O–H groups in total. The Morgan fingerprint density at radius 3 is 2.33 bits per heavy atom. The topological polar surface area (TPSA) is 92.6 Å². The Labute approximate surface area is 181 Å². The van der Waals surface area contributed by atoms with Gasteiger partial charge in [0.05, 0.1) is 11.3 Å². The van der Waals surface area contributed by atoms with Gasteiger partial charge in [-0.05, 0) is 38.0 Å². The van der Waals surface area contributed by atoms with Gasteiger partial charge in [0.15, 0.2) is 0 Å². The quantitative estimate of drug-likeness (QED) is 0.477. The van der Waals surface area contributed by atoms with Crippen molar-refractivity contribution >= 4 is 29.1 Å². The van der Waals surface area contributed by atoms with E-state index in [4.69, 9.17) is 11.6 Å². The van der Waals surface area contributed by atoms with E-state index in [1.54, 1.807) is 42.5 Å². The molecule has 0 heterocycles. The number of nitro benzene ring substituents is 1. The number of nitrogens with zero attached hydrogens (tertiary/aromatic N) is 2. The van der Waals surface area contributed by atoms with E-state index in [9.17, 15) is 19.7 Å². The predicted molar refractivity (Wildman–Crippen MR) is 116 cm³/mol. The SMILES string of the molecule is CC[C@H](C(=O)NC(C)C)N(Cc1ccc(Cl)cc1)C(=O)Cc1ccccc1[N+](=O)[O-]. The van der Waals surface area contributed by atoms with Gasteiger partial charge in [0.1, 0.15) is 6.04 Å². The third kappa shape index (κ3) is 6.29. The molecule has 0 fully saturated rings. The lowest BCUT2D eigenvalue weighted by atomic mass is 10.1. The number of rotatable bonds is 9. The molecule has 2 rings (SSSR count). The Kier molecular flexibility index (Phi) is 8.35. The van der Waals surface area contributed by atoms with Crippen LogP contribution in [0.5, 0.6) is 0 Å². The molecule has 0 radical (unpaired) electrons. The summed E-state index contributed by atoms with van der Waals surface area (Å²) in [4.78, 5) is 38.3. The molecule has 0 aliphatic rings. The lowest BCUT2D eigenvalue weighted by Gasteiger charge is -2.31. The van der Waals surface area contributed by atoms with Gasteiger partial charge in [0.25, 0.3) is 5.69 Å². The molecule has 0 aromatic heterocycles. The summed E-state index contributed by atoms with van der Waals surface area (Å²) in [7, 11) is 0. The van der Waals surface area contributed by atoms with E-state index < -0.39 is 11.0 Å². The van der Waals surface area contributed by atoms with Crippen molar-refractivity contribution in [3.8, 4) is 0 Å². The monoisotopic (exact) mass is 431 g/mol. The molecular formula is C22H26ClN3O4. The zero-order chi connectivity index (χ0) is 22.3. The Morgan fingerprint density at radius 1 is 1.13 bits per heavy atom. The molecule has 0 spiro atoms. The molecular weight excluding hydrogens is 406 g/mol. The van der Waals surface area contributed by atoms with Gasteiger partial charge in [-0.25, -0.2) is 0 Å². The molecule has 7 nitrogen and oxygen atoms in total. The van der Waals surface area contributed by atoms with Gasteiger partial charge in [-0.15, -0.1) is 0 Å². The largest absolute Gasteiger partial charge is 0.352 e. The highest BCUT2D eigenvalue weighted by molar-refractivity contribution is 6.30. The molecule has 0 unspecified atom stereocenters. The number of para-hydroxylation sites is 1. The molecule has 0 saturated heterocycles. The molecule has 1 atom stereocenters. The second kappa shape index (κ2) is 10.7. The van der Waals surface area contributed by atoms with E-state index in [0.29, 0.717) is 17.0 Å². The van der Waals surface area contributed by atoms with Crippen LogP contribution in [0.4, 0.5) is 5.69 Å². The molecule has 0 aliphatic heterocycles. The number of hydrogen-bond donors (Lipinski definition) is 1. The maximum atomic E-state index is 13.2. The highest BCUT2D eigenvalue weighted by Gasteiger charge is 2.30. The second-order valence-electron chi connectivity index (χ2n) is 7.30. The fourth-order valence-electron chi connectivity index (χ4n) is 3.19. The number of hydrogen-bond acceptors (Lipinski definition) is 4. The van der Waals surface area contributed by atoms with E-state index in [1.807, 2.05) is 20.8 Å². The molecule has 0 saturated carbocycles. The van der Waals surface area contributed by atoms with E-state index in [2.05, 4.69) is 5.32 Å². The van der Waals surface area contributed by atoms with E-state index >= 15 is 0 Å². The van der Waals surface area contributed by atoms with E-state index in [0.717, 1.165) is 5.56 Å². The predicted octanol–water partition coefficient (Wildman–Crippen LogP) is 4.12. The second-order valence-corrected chi connectivity index (χ2v) is 7.73. The first-order valence-corrected chi connectivity index (χ1v) is 10.2. The molecule has 2 aromatic rings. The first-order valence-electron chi connectivity index (χ1n) is 9.79. The molecule has 2 aromatic carbocycles. The van der Waals surface area contributed by atoms with Gasteiger partial charge < -0.3 is 10.2 Å². The highest BCUT2D eigenvalue weighted by Crippen LogP contribution is 2.21. The fourth-order valence-corrected chi connectivity index (χ4v) is 3.32. The zero-order valence-electron chi connectivity index (χ0n) is 17.3. The van der Waals surface area contributed by atoms with Crippen molar-refractivity contribution in [2.24, 2.45) is 0 Å². The first-order chi connectivity index (χ1) is 14.2. The van der Waals surface area contributed by atoms with Crippen molar-refractivity contribution in [3.63, 3.8) is 0 Å². The fraction of sp³-hybridized carbons (Fsp3) is 0.364. The lowest BCUT2D eigenvalue weighted by molar-refractivity contribution is -0.385. The van der Waals surface area contributed by atoms with Crippen LogP contribution in [0.25, 0.3) is 0 Å². The summed E-state index contributed by atoms with van der Waals surface area (Å²) >= 11 is 5.95. The van der Waals surface area contributed by atoms with Crippen LogP contribution in [-0.4, -0.2) is 33.7 Å². The molecule has 2 amide bonds. The highest BCUT2D eigenvalue weighted by atomic mass is 35.5. The Balaban J connectivity index is 2.36. The average Bonchev–Trinajstić information content (AvgIpc) is 2.69. The summed E-state index contributed by atoms with van der Waals surface area (Å²) in [5, 5.41) is 14.7. The van der Waals surface area contributed by atoms with Crippen LogP contribution in [0, 0.1) is 10.1 Å². The smallest absolute Gasteiger partial charge is 0.273 e. The average molecular weight is 432 g/mol. The minimum Gasteiger partial charge on any atom is -0.352 e. The van der Waals surface area contributed by atoms with Gasteiger partial charge in [0.2, 0.25) is 11.8 Å². The van der Waals surface area contributed by atoms with Crippen molar-refractivity contribution in [2.75, 3.05) is 0 Å². The van der Waals surface area contributed by atoms with Gasteiger partial charge in [-0.1, -0.05) is 48.9 Å². The van der Waals surface area contributed by atoms with Crippen LogP contribution < -0.4 is 5.32 Å². The Morgan fingerprint density at radius 2 is 1.77 bits per heavy atom. The molecule has 160 valence electrons. The minimum atomic E-state index is -0.696. The number of halogens is 1. The van der Waals surface area contributed by atoms with Crippen LogP contribution in [0.2, 0.25) is 5.02 Å². The van der Waals surface area contributed by atoms with Gasteiger partial charge in [-0.2, -0.15) is 0 Å². The first kappa shape index (κ1) is 23.3. The number of benzene rings is 2. The van der Waals surface area contributed by atoms with Crippen LogP contribution in [0.3, 0.4) is 0 Å². The Bertz CT molecular complexity index is 900. The Hall–Kier alpha value is -2.93. The summed E-state index contributed by atoms with van der Waals surface area (Å²) in [6.45, 7) is 5.73. The summed E-state index contributed by atoms with van der Waals surface area (Å²) in [5.74, 6) is -0.609. The molecule has 8 heteroatoms. The number of amides is 2. The van der Waals surface area contributed by atoms with Crippen LogP contribution >= 0.6 is 11.6 Å². The molecule has 0 bridgehead atoms. The van der Waals surface area contributed by atoms with E-state index in [-0.39, 0.29) is 36.5 Å². The van der Waals surface area contributed by atoms with E-state index in [1.165, 1.54) is 11.0 Å². The summed E-state index contributed by atoms with van der Waals surface area (Å²) in [6, 6.07) is 12.4. The summed E-state index contributed by atoms with van der Waals surface area (Å²) in [5.41, 5.74) is 1.01. The third-order valence-electron chi connectivity index (χ3n) is 4.61. The van der Waals surface area contributed by atoms with Crippen LogP contribution in [0.1, 0.15) is 38.3 Å². The van der Waals surface area contributed by atoms with Gasteiger partial charge in [-0.3, -0.25) is 19.7 Å². The van der Waals surface area contributed by atoms with Gasteiger partial charge in [0, 0.05) is 29.2 Å². The van der Waals surface area contributed by atoms with Crippen LogP contribution in [0.15, 0.2) is 48.5 Å². The minimum absolute atomic E-state index is 0.0748. The van der Waals surface area contributed by atoms with Crippen molar-refractivity contribution < 1.29 is 14.5 Å². The summed E-state index contributed by atoms with van der Waals surface area (Å²) < 4.78 is 0. The maximum Gasteiger partial charge on any atom is 0.273 e. The maximum absolute atomic E-state index is 13.2. The standard InChI is InChI=1S/C22H26ClN3O4/c1-4-19(22(28)24-15(2)3)25(14-16-9-11-18(23)12-10-16)21(27)13-17-7-5-6-8-20(17)26(29)30/h5-12,15,19H,4,13-14H2,1-3H3,(H,24,28)/t19-/m1/s1. The number of carbonyl (C=O) groups excluding carboxylic acids is 2. The van der Waals surface area contributed by atoms with Crippen molar-refractivity contribution in [1.29, 1.82) is 0 Å². The van der Waals surface area contributed by atoms with Crippen molar-refractivity contribution in [3.05, 3.63) is 74.8 Å². The third-order valence-corrected chi connectivity index (χ3v) is 4.86. The van der Waals surface area contributed by atoms with Crippen molar-refractivity contribution in [1.82, 2.24) is 10.2 Å². The lowest BCUT2D eigenvalue weighted by Crippen LogP contribution is -2.50. The number of carbonyl (C=O) groups is 2. The molecule has 30 heavy (non-hydrogen) atoms. The zero-order valence-corrected chi connectivity index (χ0v) is 18.1. The number of nitro groups is 1. The molecule has 0 aliphatic carbocycles. The van der Waals surface area contributed by atoms with Crippen LogP contribution in [-0.2, 0) is 22.6 Å². The summed E-state index contributed by atoms with van der Waals surface area (Å²) in [6.07, 6.45) is 0.241. The normalized spacial score (nSPS) is 11.8. The number of nitrogens with one attached hydrogen (secondary N) is 1. The van der Waals surface area contributed by atoms with Crippen molar-refractivity contribution in [2.45, 2.75) is 52.2 Å².